The molecule has 0 saturated heterocycles. The van der Waals surface area contributed by atoms with Gasteiger partial charge in [-0.25, -0.2) is 0 Å². The van der Waals surface area contributed by atoms with Crippen LogP contribution in [0.4, 0.5) is 0 Å². The molecule has 2 nitrogen and oxygen atoms in total. The zero-order chi connectivity index (χ0) is 21.0. The van der Waals surface area contributed by atoms with Crippen LogP contribution in [0.1, 0.15) is 98.3 Å². The van der Waals surface area contributed by atoms with Crippen LogP contribution < -0.4 is 0 Å². The minimum Gasteiger partial charge on any atom is -0.393 e. The maximum atomic E-state index is 11.1. The number of allylic oxidation sites excluding steroid dienone is 1. The van der Waals surface area contributed by atoms with Crippen LogP contribution in [-0.2, 0) is 0 Å². The van der Waals surface area contributed by atoms with E-state index in [-0.39, 0.29) is 17.6 Å². The predicted molar refractivity (Wildman–Crippen MR) is 120 cm³/mol. The third-order valence-corrected chi connectivity index (χ3v) is 10.4. The number of hydrogen-bond acceptors (Lipinski definition) is 2. The van der Waals surface area contributed by atoms with Crippen molar-refractivity contribution in [2.75, 3.05) is 0 Å². The van der Waals surface area contributed by atoms with Crippen molar-refractivity contribution >= 4 is 0 Å². The second-order valence-electron chi connectivity index (χ2n) is 12.3. The summed E-state index contributed by atoms with van der Waals surface area (Å²) < 4.78 is 0. The Morgan fingerprint density at radius 3 is 2.34 bits per heavy atom. The number of hydrogen-bond donors (Lipinski definition) is 2. The number of aliphatic hydroxyl groups is 2. The molecule has 166 valence electrons. The first-order valence-corrected chi connectivity index (χ1v) is 12.7. The summed E-state index contributed by atoms with van der Waals surface area (Å²) in [4.78, 5) is 0. The van der Waals surface area contributed by atoms with E-state index in [9.17, 15) is 10.2 Å². The number of rotatable bonds is 5. The van der Waals surface area contributed by atoms with Crippen LogP contribution in [0.2, 0.25) is 0 Å². The molecule has 9 unspecified atom stereocenters. The molecular formula is C27H46O2. The van der Waals surface area contributed by atoms with E-state index in [1.165, 1.54) is 50.5 Å². The Morgan fingerprint density at radius 1 is 0.931 bits per heavy atom. The van der Waals surface area contributed by atoms with Gasteiger partial charge in [0.25, 0.3) is 0 Å². The van der Waals surface area contributed by atoms with Crippen molar-refractivity contribution in [2.45, 2.75) is 111 Å². The highest BCUT2D eigenvalue weighted by Gasteiger charge is 2.62. The first kappa shape index (κ1) is 21.9. The van der Waals surface area contributed by atoms with E-state index in [0.29, 0.717) is 23.2 Å². The van der Waals surface area contributed by atoms with Gasteiger partial charge in [-0.3, -0.25) is 0 Å². The Hall–Kier alpha value is -0.340. The Kier molecular flexibility index (Phi) is 6.01. The molecule has 4 aliphatic carbocycles. The fourth-order valence-electron chi connectivity index (χ4n) is 8.86. The maximum Gasteiger partial charge on any atom is 0.0577 e. The van der Waals surface area contributed by atoms with E-state index in [4.69, 9.17) is 0 Å². The van der Waals surface area contributed by atoms with Crippen molar-refractivity contribution in [3.05, 3.63) is 12.2 Å². The van der Waals surface area contributed by atoms with Gasteiger partial charge in [0.1, 0.15) is 0 Å². The molecule has 2 N–H and O–H groups in total. The average Bonchev–Trinajstić information content (AvgIpc) is 3.00. The van der Waals surface area contributed by atoms with Gasteiger partial charge in [-0.2, -0.15) is 0 Å². The smallest absolute Gasteiger partial charge is 0.0577 e. The molecule has 0 aromatic rings. The average molecular weight is 403 g/mol. The molecular weight excluding hydrogens is 356 g/mol. The zero-order valence-electron chi connectivity index (χ0n) is 19.5. The maximum absolute atomic E-state index is 11.1. The minimum atomic E-state index is -0.216. The lowest BCUT2D eigenvalue weighted by Crippen LogP contribution is -2.58. The molecule has 4 fully saturated rings. The van der Waals surface area contributed by atoms with Crippen LogP contribution in [0.5, 0.6) is 0 Å². The van der Waals surface area contributed by atoms with E-state index < -0.39 is 0 Å². The molecule has 2 heteroatoms. The lowest BCUT2D eigenvalue weighted by Gasteiger charge is -2.62. The predicted octanol–water partition coefficient (Wildman–Crippen LogP) is 6.36. The third kappa shape index (κ3) is 3.65. The SMILES string of the molecule is C=C(CCCC(C)C)C1CCC2C3CC(O)C4CC(O)CCC4(C)C3CCC12C. The van der Waals surface area contributed by atoms with Gasteiger partial charge in [0, 0.05) is 0 Å². The summed E-state index contributed by atoms with van der Waals surface area (Å²) in [7, 11) is 0. The molecule has 4 saturated carbocycles. The highest BCUT2D eigenvalue weighted by molar-refractivity contribution is 5.17. The zero-order valence-corrected chi connectivity index (χ0v) is 19.5. The summed E-state index contributed by atoms with van der Waals surface area (Å²) in [5.41, 5.74) is 2.15. The van der Waals surface area contributed by atoms with Gasteiger partial charge in [0.05, 0.1) is 12.2 Å². The molecule has 4 aliphatic rings. The van der Waals surface area contributed by atoms with Crippen LogP contribution in [-0.4, -0.2) is 22.4 Å². The van der Waals surface area contributed by atoms with Crippen LogP contribution >= 0.6 is 0 Å². The molecule has 0 bridgehead atoms. The molecule has 0 heterocycles. The van der Waals surface area contributed by atoms with Crippen molar-refractivity contribution in [1.29, 1.82) is 0 Å². The number of fused-ring (bicyclic) bond motifs is 5. The van der Waals surface area contributed by atoms with Crippen LogP contribution in [0.25, 0.3) is 0 Å². The standard InChI is InChI=1S/C27H46O2/c1-17(2)7-6-8-18(3)21-9-10-22-20-16-25(29)24-15-19(28)11-13-27(24,5)23(20)12-14-26(21,22)4/h17,19-25,28-29H,3,6-16H2,1-2,4-5H3. The van der Waals surface area contributed by atoms with Crippen molar-refractivity contribution in [3.63, 3.8) is 0 Å². The summed E-state index contributed by atoms with van der Waals surface area (Å²) in [6.07, 6.45) is 12.5. The van der Waals surface area contributed by atoms with Crippen molar-refractivity contribution in [3.8, 4) is 0 Å². The van der Waals surface area contributed by atoms with Gasteiger partial charge in [-0.15, -0.1) is 0 Å². The molecule has 29 heavy (non-hydrogen) atoms. The third-order valence-electron chi connectivity index (χ3n) is 10.4. The lowest BCUT2D eigenvalue weighted by atomic mass is 9.44. The quantitative estimate of drug-likeness (QED) is 0.525. The molecule has 0 aromatic carbocycles. The lowest BCUT2D eigenvalue weighted by molar-refractivity contribution is -0.169. The van der Waals surface area contributed by atoms with Crippen LogP contribution in [0.3, 0.4) is 0 Å². The minimum absolute atomic E-state index is 0.196. The largest absolute Gasteiger partial charge is 0.393 e. The van der Waals surface area contributed by atoms with E-state index in [2.05, 4.69) is 34.3 Å². The van der Waals surface area contributed by atoms with E-state index in [0.717, 1.165) is 43.4 Å². The monoisotopic (exact) mass is 402 g/mol. The van der Waals surface area contributed by atoms with Gasteiger partial charge in [0.15, 0.2) is 0 Å². The van der Waals surface area contributed by atoms with Gasteiger partial charge >= 0.3 is 0 Å². The Morgan fingerprint density at radius 2 is 1.62 bits per heavy atom. The van der Waals surface area contributed by atoms with Crippen LogP contribution in [0, 0.1) is 46.3 Å². The van der Waals surface area contributed by atoms with E-state index >= 15 is 0 Å². The van der Waals surface area contributed by atoms with Gasteiger partial charge in [0.2, 0.25) is 0 Å². The molecule has 4 rings (SSSR count). The molecule has 9 atom stereocenters. The van der Waals surface area contributed by atoms with Gasteiger partial charge < -0.3 is 10.2 Å². The second kappa shape index (κ2) is 7.97. The highest BCUT2D eigenvalue weighted by atomic mass is 16.3. The molecule has 0 amide bonds. The Bertz CT molecular complexity index is 612. The van der Waals surface area contributed by atoms with Crippen LogP contribution in [0.15, 0.2) is 12.2 Å². The summed E-state index contributed by atoms with van der Waals surface area (Å²) in [6, 6.07) is 0. The summed E-state index contributed by atoms with van der Waals surface area (Å²) >= 11 is 0. The van der Waals surface area contributed by atoms with Gasteiger partial charge in [-0.1, -0.05) is 46.3 Å². The first-order chi connectivity index (χ1) is 13.7. The summed E-state index contributed by atoms with van der Waals surface area (Å²) in [6.45, 7) is 14.3. The van der Waals surface area contributed by atoms with Crippen molar-refractivity contribution in [2.24, 2.45) is 46.3 Å². The second-order valence-corrected chi connectivity index (χ2v) is 12.3. The van der Waals surface area contributed by atoms with E-state index in [1.807, 2.05) is 0 Å². The topological polar surface area (TPSA) is 40.5 Å². The van der Waals surface area contributed by atoms with Crippen molar-refractivity contribution in [1.82, 2.24) is 0 Å². The number of aliphatic hydroxyl groups excluding tert-OH is 2. The first-order valence-electron chi connectivity index (χ1n) is 12.7. The summed E-state index contributed by atoms with van der Waals surface area (Å²) in [5, 5.41) is 21.4. The summed E-state index contributed by atoms with van der Waals surface area (Å²) in [5.74, 6) is 3.96. The molecule has 0 aliphatic heterocycles. The highest BCUT2D eigenvalue weighted by Crippen LogP contribution is 2.68. The fraction of sp³-hybridized carbons (Fsp3) is 0.926. The van der Waals surface area contributed by atoms with E-state index in [1.54, 1.807) is 0 Å². The van der Waals surface area contributed by atoms with Gasteiger partial charge in [-0.05, 0) is 111 Å². The molecule has 0 radical (unpaired) electrons. The normalized spacial score (nSPS) is 49.4. The Balaban J connectivity index is 1.50. The van der Waals surface area contributed by atoms with Crippen molar-refractivity contribution < 1.29 is 10.2 Å². The molecule has 0 aromatic heterocycles. The fourth-order valence-corrected chi connectivity index (χ4v) is 8.86. The molecule has 0 spiro atoms. The Labute approximate surface area is 179 Å².